The molecule has 0 bridgehead atoms. The van der Waals surface area contributed by atoms with Crippen LogP contribution >= 0.6 is 0 Å². The van der Waals surface area contributed by atoms with E-state index in [1.54, 1.807) is 17.7 Å². The molecule has 4 nitrogen and oxygen atoms in total. The minimum absolute atomic E-state index is 0.323. The van der Waals surface area contributed by atoms with Gasteiger partial charge in [-0.25, -0.2) is 4.79 Å². The average Bonchev–Trinajstić information content (AvgIpc) is 3.50. The third-order valence-corrected chi connectivity index (χ3v) is 6.44. The van der Waals surface area contributed by atoms with E-state index in [0.29, 0.717) is 22.9 Å². The standard InChI is InChI=1S/C26H32N2O2/c1-3-21(13-19-7-5-4-6-8-19)23-14-24(23)27-16-26(2)17-28(18-26)15-20-9-11-22(12-10-20)25(29)30/h4-13,23-24,27H,3,14-18H2,1-2H3,(H,29,30)/b21-13+/t23-,24+/m0/s1. The van der Waals surface area contributed by atoms with Gasteiger partial charge in [0.25, 0.3) is 0 Å². The van der Waals surface area contributed by atoms with E-state index in [-0.39, 0.29) is 0 Å². The molecule has 0 amide bonds. The molecule has 4 rings (SSSR count). The second kappa shape index (κ2) is 8.75. The number of carboxylic acids is 1. The van der Waals surface area contributed by atoms with Gasteiger partial charge in [0.15, 0.2) is 0 Å². The SMILES string of the molecule is CC/C(=C\c1ccccc1)[C@@H]1C[C@H]1NCC1(C)CN(Cc2ccc(C(=O)O)cc2)C1. The molecule has 0 aromatic heterocycles. The van der Waals surface area contributed by atoms with Gasteiger partial charge in [-0.05, 0) is 42.0 Å². The topological polar surface area (TPSA) is 52.6 Å². The highest BCUT2D eigenvalue weighted by Crippen LogP contribution is 2.41. The number of likely N-dealkylation sites (tertiary alicyclic amines) is 1. The Labute approximate surface area is 179 Å². The third kappa shape index (κ3) is 5.00. The molecule has 2 N–H and O–H groups in total. The predicted molar refractivity (Wildman–Crippen MR) is 121 cm³/mol. The summed E-state index contributed by atoms with van der Waals surface area (Å²) >= 11 is 0. The van der Waals surface area contributed by atoms with Gasteiger partial charge in [-0.15, -0.1) is 0 Å². The lowest BCUT2D eigenvalue weighted by atomic mass is 9.81. The van der Waals surface area contributed by atoms with Crippen molar-refractivity contribution < 1.29 is 9.90 Å². The largest absolute Gasteiger partial charge is 0.478 e. The first kappa shape index (κ1) is 20.8. The highest BCUT2D eigenvalue weighted by atomic mass is 16.4. The van der Waals surface area contributed by atoms with Crippen LogP contribution in [0.5, 0.6) is 0 Å². The van der Waals surface area contributed by atoms with Crippen molar-refractivity contribution in [2.45, 2.75) is 39.3 Å². The fraction of sp³-hybridized carbons (Fsp3) is 0.423. The Morgan fingerprint density at radius 3 is 2.50 bits per heavy atom. The van der Waals surface area contributed by atoms with Crippen LogP contribution in [0, 0.1) is 11.3 Å². The van der Waals surface area contributed by atoms with Crippen molar-refractivity contribution in [2.75, 3.05) is 19.6 Å². The van der Waals surface area contributed by atoms with Crippen molar-refractivity contribution in [1.29, 1.82) is 0 Å². The number of hydrogen-bond acceptors (Lipinski definition) is 3. The zero-order chi connectivity index (χ0) is 21.1. The number of aromatic carboxylic acids is 1. The lowest BCUT2D eigenvalue weighted by Crippen LogP contribution is -2.58. The summed E-state index contributed by atoms with van der Waals surface area (Å²) in [5.41, 5.74) is 4.71. The van der Waals surface area contributed by atoms with E-state index in [2.05, 4.69) is 60.5 Å². The van der Waals surface area contributed by atoms with Crippen LogP contribution in [-0.4, -0.2) is 41.7 Å². The minimum Gasteiger partial charge on any atom is -0.478 e. The van der Waals surface area contributed by atoms with Crippen molar-refractivity contribution in [3.63, 3.8) is 0 Å². The van der Waals surface area contributed by atoms with E-state index in [1.807, 2.05) is 12.1 Å². The van der Waals surface area contributed by atoms with Crippen LogP contribution in [-0.2, 0) is 6.54 Å². The lowest BCUT2D eigenvalue weighted by molar-refractivity contribution is 0.00931. The molecule has 1 heterocycles. The fourth-order valence-corrected chi connectivity index (χ4v) is 4.71. The van der Waals surface area contributed by atoms with Gasteiger partial charge in [-0.3, -0.25) is 4.90 Å². The van der Waals surface area contributed by atoms with E-state index in [9.17, 15) is 4.79 Å². The molecular formula is C26H32N2O2. The van der Waals surface area contributed by atoms with Crippen LogP contribution < -0.4 is 5.32 Å². The molecule has 0 radical (unpaired) electrons. The van der Waals surface area contributed by atoms with Gasteiger partial charge in [-0.2, -0.15) is 0 Å². The highest BCUT2D eigenvalue weighted by molar-refractivity contribution is 5.87. The summed E-state index contributed by atoms with van der Waals surface area (Å²) in [4.78, 5) is 13.4. The monoisotopic (exact) mass is 404 g/mol. The zero-order valence-electron chi connectivity index (χ0n) is 18.0. The second-order valence-electron chi connectivity index (χ2n) is 9.27. The summed E-state index contributed by atoms with van der Waals surface area (Å²) in [6.07, 6.45) is 4.74. The highest BCUT2D eigenvalue weighted by Gasteiger charge is 2.43. The molecule has 4 heteroatoms. The fourth-order valence-electron chi connectivity index (χ4n) is 4.71. The number of nitrogens with one attached hydrogen (secondary N) is 1. The molecule has 2 fully saturated rings. The zero-order valence-corrected chi connectivity index (χ0v) is 18.0. The van der Waals surface area contributed by atoms with Crippen LogP contribution in [0.15, 0.2) is 60.2 Å². The van der Waals surface area contributed by atoms with E-state index in [0.717, 1.165) is 32.6 Å². The second-order valence-corrected chi connectivity index (χ2v) is 9.27. The number of carbonyl (C=O) groups is 1. The first-order valence-corrected chi connectivity index (χ1v) is 11.0. The Kier molecular flexibility index (Phi) is 6.07. The Morgan fingerprint density at radius 2 is 1.87 bits per heavy atom. The Hall–Kier alpha value is -2.43. The van der Waals surface area contributed by atoms with E-state index in [1.165, 1.54) is 17.5 Å². The number of carboxylic acid groups (broad SMARTS) is 1. The van der Waals surface area contributed by atoms with Gasteiger partial charge in [-0.1, -0.05) is 68.0 Å². The van der Waals surface area contributed by atoms with Crippen LogP contribution in [0.2, 0.25) is 0 Å². The van der Waals surface area contributed by atoms with Crippen LogP contribution in [0.25, 0.3) is 6.08 Å². The molecule has 2 atom stereocenters. The van der Waals surface area contributed by atoms with Gasteiger partial charge < -0.3 is 10.4 Å². The summed E-state index contributed by atoms with van der Waals surface area (Å²) < 4.78 is 0. The molecule has 2 aromatic carbocycles. The van der Waals surface area contributed by atoms with Crippen molar-refractivity contribution in [3.8, 4) is 0 Å². The summed E-state index contributed by atoms with van der Waals surface area (Å²) in [6.45, 7) is 8.74. The smallest absolute Gasteiger partial charge is 0.335 e. The van der Waals surface area contributed by atoms with Crippen molar-refractivity contribution in [1.82, 2.24) is 10.2 Å². The Morgan fingerprint density at radius 1 is 1.17 bits per heavy atom. The molecule has 1 saturated carbocycles. The van der Waals surface area contributed by atoms with Crippen molar-refractivity contribution in [3.05, 3.63) is 76.9 Å². The number of benzene rings is 2. The summed E-state index contributed by atoms with van der Waals surface area (Å²) in [5, 5.41) is 12.8. The van der Waals surface area contributed by atoms with Crippen LogP contribution in [0.1, 0.15) is 48.2 Å². The molecule has 158 valence electrons. The summed E-state index contributed by atoms with van der Waals surface area (Å²) in [5.74, 6) is -0.185. The van der Waals surface area contributed by atoms with Crippen molar-refractivity contribution >= 4 is 12.0 Å². The Bertz CT molecular complexity index is 898. The maximum atomic E-state index is 11.0. The molecule has 2 aromatic rings. The first-order chi connectivity index (χ1) is 14.5. The predicted octanol–water partition coefficient (Wildman–Crippen LogP) is 4.68. The van der Waals surface area contributed by atoms with E-state index >= 15 is 0 Å². The maximum Gasteiger partial charge on any atom is 0.335 e. The molecule has 0 spiro atoms. The van der Waals surface area contributed by atoms with Gasteiger partial charge >= 0.3 is 5.97 Å². The third-order valence-electron chi connectivity index (χ3n) is 6.44. The van der Waals surface area contributed by atoms with Gasteiger partial charge in [0.1, 0.15) is 0 Å². The first-order valence-electron chi connectivity index (χ1n) is 11.0. The number of rotatable bonds is 9. The summed E-state index contributed by atoms with van der Waals surface area (Å²) in [6, 6.07) is 18.5. The minimum atomic E-state index is -0.868. The van der Waals surface area contributed by atoms with Crippen LogP contribution in [0.4, 0.5) is 0 Å². The molecule has 2 aliphatic rings. The number of nitrogens with zero attached hydrogens (tertiary/aromatic N) is 1. The Balaban J connectivity index is 1.22. The summed E-state index contributed by atoms with van der Waals surface area (Å²) in [7, 11) is 0. The average molecular weight is 405 g/mol. The van der Waals surface area contributed by atoms with Crippen molar-refractivity contribution in [2.24, 2.45) is 11.3 Å². The normalized spacial score (nSPS) is 23.1. The lowest BCUT2D eigenvalue weighted by Gasteiger charge is -2.48. The van der Waals surface area contributed by atoms with Crippen LogP contribution in [0.3, 0.4) is 0 Å². The van der Waals surface area contributed by atoms with E-state index < -0.39 is 5.97 Å². The van der Waals surface area contributed by atoms with Gasteiger partial charge in [0, 0.05) is 37.6 Å². The molecule has 30 heavy (non-hydrogen) atoms. The van der Waals surface area contributed by atoms with Gasteiger partial charge in [0.2, 0.25) is 0 Å². The van der Waals surface area contributed by atoms with Gasteiger partial charge in [0.05, 0.1) is 5.56 Å². The molecule has 1 aliphatic heterocycles. The maximum absolute atomic E-state index is 11.0. The quantitative estimate of drug-likeness (QED) is 0.637. The van der Waals surface area contributed by atoms with E-state index in [4.69, 9.17) is 5.11 Å². The molecule has 1 saturated heterocycles. The molecular weight excluding hydrogens is 372 g/mol. The number of hydrogen-bond donors (Lipinski definition) is 2. The molecule has 1 aliphatic carbocycles. The molecule has 0 unspecified atom stereocenters.